The monoisotopic (exact) mass is 256 g/mol. The summed E-state index contributed by atoms with van der Waals surface area (Å²) in [4.78, 5) is 12.2. The first-order chi connectivity index (χ1) is 8.42. The topological polar surface area (TPSA) is 41.6 Å². The van der Waals surface area contributed by atoms with E-state index < -0.39 is 0 Å². The lowest BCUT2D eigenvalue weighted by atomic mass is 9.95. The molecule has 1 N–H and O–H groups in total. The second-order valence-corrected chi connectivity index (χ2v) is 6.37. The van der Waals surface area contributed by atoms with E-state index in [1.807, 2.05) is 20.8 Å². The Bertz CT molecular complexity index is 239. The third kappa shape index (κ3) is 5.83. The Labute approximate surface area is 111 Å². The molecule has 2 aliphatic rings. The number of carbonyl (C=O) groups is 1. The van der Waals surface area contributed by atoms with Gasteiger partial charge in [-0.1, -0.05) is 6.92 Å². The van der Waals surface area contributed by atoms with Crippen LogP contribution in [-0.4, -0.2) is 49.2 Å². The van der Waals surface area contributed by atoms with Gasteiger partial charge < -0.3 is 10.1 Å². The molecule has 0 atom stereocenters. The third-order valence-electron chi connectivity index (χ3n) is 3.32. The van der Waals surface area contributed by atoms with Crippen LogP contribution in [0, 0.1) is 5.92 Å². The molecule has 0 bridgehead atoms. The molecule has 4 nitrogen and oxygen atoms in total. The van der Waals surface area contributed by atoms with E-state index in [9.17, 15) is 4.79 Å². The lowest BCUT2D eigenvalue weighted by Crippen LogP contribution is -2.53. The van der Waals surface area contributed by atoms with E-state index in [0.717, 1.165) is 12.0 Å². The van der Waals surface area contributed by atoms with Crippen LogP contribution in [0.1, 0.15) is 40.5 Å². The molecule has 0 spiro atoms. The molecule has 0 aromatic carbocycles. The Morgan fingerprint density at radius 3 is 2.11 bits per heavy atom. The zero-order chi connectivity index (χ0) is 13.6. The van der Waals surface area contributed by atoms with Gasteiger partial charge in [-0.2, -0.15) is 0 Å². The van der Waals surface area contributed by atoms with Crippen molar-refractivity contribution in [1.29, 1.82) is 0 Å². The minimum Gasteiger partial charge on any atom is -0.462 e. The SMILES string of the molecule is CC(C)(C)OC=O.CC1CN(C2CCNCC2)C1. The largest absolute Gasteiger partial charge is 0.462 e. The van der Waals surface area contributed by atoms with Gasteiger partial charge in [-0.3, -0.25) is 9.69 Å². The number of ether oxygens (including phenoxy) is 1. The molecule has 2 fully saturated rings. The lowest BCUT2D eigenvalue weighted by molar-refractivity contribution is -0.138. The van der Waals surface area contributed by atoms with Gasteiger partial charge in [0.15, 0.2) is 0 Å². The van der Waals surface area contributed by atoms with E-state index in [2.05, 4.69) is 21.9 Å². The number of carbonyl (C=O) groups excluding carboxylic acids is 1. The van der Waals surface area contributed by atoms with Crippen LogP contribution in [0.2, 0.25) is 0 Å². The molecule has 0 unspecified atom stereocenters. The molecule has 106 valence electrons. The first kappa shape index (κ1) is 15.4. The highest BCUT2D eigenvalue weighted by Crippen LogP contribution is 2.22. The number of nitrogens with one attached hydrogen (secondary N) is 1. The fourth-order valence-electron chi connectivity index (χ4n) is 2.36. The first-order valence-electron chi connectivity index (χ1n) is 6.98. The molecule has 2 saturated heterocycles. The number of nitrogens with zero attached hydrogens (tertiary/aromatic N) is 1. The van der Waals surface area contributed by atoms with Crippen LogP contribution in [0.15, 0.2) is 0 Å². The van der Waals surface area contributed by atoms with Gasteiger partial charge in [-0.25, -0.2) is 0 Å². The molecule has 4 heteroatoms. The number of piperidine rings is 1. The quantitative estimate of drug-likeness (QED) is 0.763. The molecule has 2 aliphatic heterocycles. The average molecular weight is 256 g/mol. The van der Waals surface area contributed by atoms with E-state index >= 15 is 0 Å². The molecule has 2 heterocycles. The molecule has 0 radical (unpaired) electrons. The van der Waals surface area contributed by atoms with Gasteiger partial charge in [0, 0.05) is 19.1 Å². The minimum atomic E-state index is -0.318. The van der Waals surface area contributed by atoms with E-state index in [1.165, 1.54) is 39.0 Å². The maximum absolute atomic E-state index is 9.60. The Morgan fingerprint density at radius 1 is 1.22 bits per heavy atom. The minimum absolute atomic E-state index is 0.318. The Morgan fingerprint density at radius 2 is 1.78 bits per heavy atom. The lowest BCUT2D eigenvalue weighted by Gasteiger charge is -2.44. The number of likely N-dealkylation sites (tertiary alicyclic amines) is 1. The van der Waals surface area contributed by atoms with Crippen LogP contribution >= 0.6 is 0 Å². The number of hydrogen-bond acceptors (Lipinski definition) is 4. The third-order valence-corrected chi connectivity index (χ3v) is 3.32. The van der Waals surface area contributed by atoms with E-state index in [4.69, 9.17) is 0 Å². The van der Waals surface area contributed by atoms with Gasteiger partial charge in [-0.05, 0) is 52.6 Å². The summed E-state index contributed by atoms with van der Waals surface area (Å²) < 4.78 is 4.55. The Kier molecular flexibility index (Phi) is 6.09. The summed E-state index contributed by atoms with van der Waals surface area (Å²) in [7, 11) is 0. The average Bonchev–Trinajstić information content (AvgIpc) is 2.25. The number of hydrogen-bond donors (Lipinski definition) is 1. The highest BCUT2D eigenvalue weighted by molar-refractivity contribution is 5.37. The zero-order valence-corrected chi connectivity index (χ0v) is 12.2. The number of rotatable bonds is 2. The van der Waals surface area contributed by atoms with Crippen molar-refractivity contribution < 1.29 is 9.53 Å². The van der Waals surface area contributed by atoms with Crippen LogP contribution in [-0.2, 0) is 9.53 Å². The van der Waals surface area contributed by atoms with Crippen molar-refractivity contribution in [3.8, 4) is 0 Å². The molecule has 0 aromatic rings. The first-order valence-corrected chi connectivity index (χ1v) is 6.98. The van der Waals surface area contributed by atoms with E-state index in [1.54, 1.807) is 0 Å². The summed E-state index contributed by atoms with van der Waals surface area (Å²) in [5.74, 6) is 0.963. The summed E-state index contributed by atoms with van der Waals surface area (Å²) in [5.41, 5.74) is -0.318. The molecular weight excluding hydrogens is 228 g/mol. The van der Waals surface area contributed by atoms with Crippen molar-refractivity contribution in [3.63, 3.8) is 0 Å². The molecule has 0 aliphatic carbocycles. The summed E-state index contributed by atoms with van der Waals surface area (Å²) in [6, 6.07) is 0.910. The highest BCUT2D eigenvalue weighted by Gasteiger charge is 2.29. The standard InChI is InChI=1S/C9H18N2.C5H10O2/c1-8-6-11(7-8)9-2-4-10-5-3-9;1-5(2,3)7-4-6/h8-10H,2-7H2,1H3;4H,1-3H3. The molecule has 0 amide bonds. The molecular formula is C14H28N2O2. The summed E-state index contributed by atoms with van der Waals surface area (Å²) in [6.45, 7) is 13.4. The van der Waals surface area contributed by atoms with Gasteiger partial charge in [0.25, 0.3) is 6.47 Å². The summed E-state index contributed by atoms with van der Waals surface area (Å²) in [5, 5.41) is 3.40. The highest BCUT2D eigenvalue weighted by atomic mass is 16.5. The Balaban J connectivity index is 0.000000203. The van der Waals surface area contributed by atoms with Gasteiger partial charge in [0.1, 0.15) is 5.60 Å². The molecule has 0 saturated carbocycles. The van der Waals surface area contributed by atoms with Crippen molar-refractivity contribution in [2.75, 3.05) is 26.2 Å². The van der Waals surface area contributed by atoms with Crippen molar-refractivity contribution >= 4 is 6.47 Å². The fourth-order valence-corrected chi connectivity index (χ4v) is 2.36. The van der Waals surface area contributed by atoms with Gasteiger partial charge in [0.05, 0.1) is 0 Å². The van der Waals surface area contributed by atoms with Crippen molar-refractivity contribution in [3.05, 3.63) is 0 Å². The van der Waals surface area contributed by atoms with Crippen LogP contribution < -0.4 is 5.32 Å². The molecule has 0 aromatic heterocycles. The molecule has 18 heavy (non-hydrogen) atoms. The Hall–Kier alpha value is -0.610. The van der Waals surface area contributed by atoms with Crippen molar-refractivity contribution in [1.82, 2.24) is 10.2 Å². The van der Waals surface area contributed by atoms with Crippen LogP contribution in [0.25, 0.3) is 0 Å². The molecule has 2 rings (SSSR count). The fraction of sp³-hybridized carbons (Fsp3) is 0.929. The van der Waals surface area contributed by atoms with Crippen molar-refractivity contribution in [2.24, 2.45) is 5.92 Å². The zero-order valence-electron chi connectivity index (χ0n) is 12.2. The second kappa shape index (κ2) is 7.10. The second-order valence-electron chi connectivity index (χ2n) is 6.37. The van der Waals surface area contributed by atoms with Crippen LogP contribution in [0.3, 0.4) is 0 Å². The smallest absolute Gasteiger partial charge is 0.293 e. The van der Waals surface area contributed by atoms with Gasteiger partial charge in [0.2, 0.25) is 0 Å². The maximum atomic E-state index is 9.60. The van der Waals surface area contributed by atoms with Crippen molar-refractivity contribution in [2.45, 2.75) is 52.2 Å². The predicted octanol–water partition coefficient (Wildman–Crippen LogP) is 1.65. The normalized spacial score (nSPS) is 22.7. The van der Waals surface area contributed by atoms with Gasteiger partial charge in [-0.15, -0.1) is 0 Å². The van der Waals surface area contributed by atoms with Gasteiger partial charge >= 0.3 is 0 Å². The summed E-state index contributed by atoms with van der Waals surface area (Å²) >= 11 is 0. The van der Waals surface area contributed by atoms with Crippen LogP contribution in [0.5, 0.6) is 0 Å². The van der Waals surface area contributed by atoms with Crippen LogP contribution in [0.4, 0.5) is 0 Å². The summed E-state index contributed by atoms with van der Waals surface area (Å²) in [6.07, 6.45) is 2.74. The maximum Gasteiger partial charge on any atom is 0.293 e. The predicted molar refractivity (Wildman–Crippen MR) is 73.5 cm³/mol. The van der Waals surface area contributed by atoms with E-state index in [-0.39, 0.29) is 5.60 Å². The van der Waals surface area contributed by atoms with E-state index in [0.29, 0.717) is 6.47 Å².